The van der Waals surface area contributed by atoms with Gasteiger partial charge in [-0.3, -0.25) is 0 Å². The third-order valence-corrected chi connectivity index (χ3v) is 2.79. The predicted octanol–water partition coefficient (Wildman–Crippen LogP) is 1.97. The summed E-state index contributed by atoms with van der Waals surface area (Å²) in [7, 11) is 0. The second-order valence-electron chi connectivity index (χ2n) is 4.14. The average molecular weight is 261 g/mol. The summed E-state index contributed by atoms with van der Waals surface area (Å²) in [5, 5.41) is 17.5. The number of carboxylic acid groups (broad SMARTS) is 2. The van der Waals surface area contributed by atoms with Crippen LogP contribution in [0.2, 0.25) is 0 Å². The van der Waals surface area contributed by atoms with Gasteiger partial charge in [-0.2, -0.15) is 0 Å². The molecule has 0 radical (unpaired) electrons. The number of carbonyl (C=O) groups is 2. The van der Waals surface area contributed by atoms with E-state index in [1.807, 2.05) is 0 Å². The summed E-state index contributed by atoms with van der Waals surface area (Å²) in [5.41, 5.74) is -0.757. The Labute approximate surface area is 99.2 Å². The molecule has 1 fully saturated rings. The maximum Gasteiger partial charge on any atom is 0.374 e. The minimum Gasteiger partial charge on any atom is -0.476 e. The summed E-state index contributed by atoms with van der Waals surface area (Å²) in [4.78, 5) is 25.0. The number of carboxylic acids is 2. The van der Waals surface area contributed by atoms with Crippen LogP contribution in [0.3, 0.4) is 0 Å². The predicted molar refractivity (Wildman–Crippen MR) is 52.0 cm³/mol. The molecule has 0 saturated heterocycles. The Balaban J connectivity index is 2.33. The van der Waals surface area contributed by atoms with E-state index in [1.165, 1.54) is 0 Å². The highest BCUT2D eigenvalue weighted by Crippen LogP contribution is 2.44. The molecular formula is C10H9F2NO5. The van der Waals surface area contributed by atoms with Gasteiger partial charge in [0.2, 0.25) is 17.4 Å². The van der Waals surface area contributed by atoms with Crippen LogP contribution < -0.4 is 0 Å². The molecule has 1 unspecified atom stereocenters. The largest absolute Gasteiger partial charge is 0.476 e. The van der Waals surface area contributed by atoms with E-state index in [9.17, 15) is 18.4 Å². The van der Waals surface area contributed by atoms with Crippen molar-refractivity contribution < 1.29 is 33.0 Å². The first-order chi connectivity index (χ1) is 8.30. The van der Waals surface area contributed by atoms with E-state index in [-0.39, 0.29) is 18.7 Å². The van der Waals surface area contributed by atoms with Crippen molar-refractivity contribution in [2.75, 3.05) is 0 Å². The van der Waals surface area contributed by atoms with E-state index in [0.29, 0.717) is 0 Å². The number of alkyl halides is 2. The fourth-order valence-electron chi connectivity index (χ4n) is 1.96. The Morgan fingerprint density at radius 1 is 1.33 bits per heavy atom. The normalized spacial score (nSPS) is 22.0. The second-order valence-corrected chi connectivity index (χ2v) is 4.14. The molecule has 0 aliphatic heterocycles. The van der Waals surface area contributed by atoms with Gasteiger partial charge < -0.3 is 14.6 Å². The van der Waals surface area contributed by atoms with Crippen LogP contribution in [0.15, 0.2) is 4.42 Å². The molecule has 2 N–H and O–H groups in total. The Hall–Kier alpha value is -1.99. The van der Waals surface area contributed by atoms with Gasteiger partial charge in [-0.05, 0) is 6.42 Å². The lowest BCUT2D eigenvalue weighted by Crippen LogP contribution is -2.09. The molecule has 1 heterocycles. The van der Waals surface area contributed by atoms with Crippen molar-refractivity contribution in [1.29, 1.82) is 0 Å². The molecule has 18 heavy (non-hydrogen) atoms. The number of aromatic carboxylic acids is 2. The van der Waals surface area contributed by atoms with Crippen molar-refractivity contribution in [3.05, 3.63) is 17.3 Å². The lowest BCUT2D eigenvalue weighted by molar-refractivity contribution is 0.00702. The van der Waals surface area contributed by atoms with Crippen LogP contribution in [-0.4, -0.2) is 33.1 Å². The van der Waals surface area contributed by atoms with Gasteiger partial charge in [0.15, 0.2) is 5.89 Å². The lowest BCUT2D eigenvalue weighted by Gasteiger charge is -2.06. The molecule has 0 spiro atoms. The molecule has 0 aromatic carbocycles. The fourth-order valence-corrected chi connectivity index (χ4v) is 1.96. The van der Waals surface area contributed by atoms with Crippen LogP contribution >= 0.6 is 0 Å². The van der Waals surface area contributed by atoms with Crippen molar-refractivity contribution >= 4 is 11.9 Å². The minimum atomic E-state index is -2.84. The van der Waals surface area contributed by atoms with E-state index >= 15 is 0 Å². The van der Waals surface area contributed by atoms with Crippen molar-refractivity contribution in [2.45, 2.75) is 31.1 Å². The van der Waals surface area contributed by atoms with Crippen molar-refractivity contribution in [2.24, 2.45) is 0 Å². The number of hydrogen-bond donors (Lipinski definition) is 2. The number of halogens is 2. The monoisotopic (exact) mass is 261 g/mol. The Kier molecular flexibility index (Phi) is 2.80. The van der Waals surface area contributed by atoms with Gasteiger partial charge in [0.05, 0.1) is 0 Å². The summed E-state index contributed by atoms with van der Waals surface area (Å²) >= 11 is 0. The first kappa shape index (κ1) is 12.5. The standard InChI is InChI=1S/C10H9F2NO5/c11-10(12)2-1-4(3-10)7-13-5(8(14)15)6(18-7)9(16)17/h4H,1-3H2,(H,14,15)(H,16,17). The fraction of sp³-hybridized carbons (Fsp3) is 0.500. The van der Waals surface area contributed by atoms with Gasteiger partial charge in [0, 0.05) is 18.8 Å². The molecule has 1 aromatic rings. The van der Waals surface area contributed by atoms with Crippen LogP contribution in [0.5, 0.6) is 0 Å². The third kappa shape index (κ3) is 2.18. The molecule has 0 bridgehead atoms. The van der Waals surface area contributed by atoms with Gasteiger partial charge in [0.1, 0.15) is 0 Å². The van der Waals surface area contributed by atoms with Crippen LogP contribution in [0.25, 0.3) is 0 Å². The van der Waals surface area contributed by atoms with Gasteiger partial charge >= 0.3 is 11.9 Å². The number of aromatic nitrogens is 1. The van der Waals surface area contributed by atoms with Crippen LogP contribution in [0.4, 0.5) is 8.78 Å². The summed E-state index contributed by atoms with van der Waals surface area (Å²) in [5.74, 6) is -7.81. The smallest absolute Gasteiger partial charge is 0.374 e. The molecular weight excluding hydrogens is 252 g/mol. The second kappa shape index (κ2) is 4.04. The maximum atomic E-state index is 13.0. The molecule has 8 heteroatoms. The zero-order chi connectivity index (χ0) is 13.5. The molecule has 2 rings (SSSR count). The first-order valence-electron chi connectivity index (χ1n) is 5.15. The number of hydrogen-bond acceptors (Lipinski definition) is 4. The molecule has 98 valence electrons. The summed E-state index contributed by atoms with van der Waals surface area (Å²) in [6, 6.07) is 0. The van der Waals surface area contributed by atoms with Gasteiger partial charge in [0.25, 0.3) is 0 Å². The van der Waals surface area contributed by atoms with Crippen LogP contribution in [0.1, 0.15) is 52.1 Å². The number of nitrogens with zero attached hydrogens (tertiary/aromatic N) is 1. The molecule has 1 aliphatic rings. The maximum absolute atomic E-state index is 13.0. The average Bonchev–Trinajstić information content (AvgIpc) is 2.80. The number of oxazole rings is 1. The van der Waals surface area contributed by atoms with Crippen LogP contribution in [0, 0.1) is 0 Å². The first-order valence-corrected chi connectivity index (χ1v) is 5.15. The molecule has 1 aliphatic carbocycles. The zero-order valence-corrected chi connectivity index (χ0v) is 9.02. The van der Waals surface area contributed by atoms with Crippen molar-refractivity contribution in [3.63, 3.8) is 0 Å². The highest BCUT2D eigenvalue weighted by atomic mass is 19.3. The Morgan fingerprint density at radius 2 is 2.00 bits per heavy atom. The van der Waals surface area contributed by atoms with Crippen molar-refractivity contribution in [1.82, 2.24) is 4.98 Å². The highest BCUT2D eigenvalue weighted by Gasteiger charge is 2.43. The van der Waals surface area contributed by atoms with Crippen LogP contribution in [-0.2, 0) is 0 Å². The summed E-state index contributed by atoms with van der Waals surface area (Å²) < 4.78 is 30.8. The summed E-state index contributed by atoms with van der Waals surface area (Å²) in [6.45, 7) is 0. The van der Waals surface area contributed by atoms with Gasteiger partial charge in [-0.25, -0.2) is 23.4 Å². The SMILES string of the molecule is O=C(O)c1nc(C2CCC(F)(F)C2)oc1C(=O)O. The Morgan fingerprint density at radius 3 is 2.39 bits per heavy atom. The highest BCUT2D eigenvalue weighted by molar-refractivity contribution is 5.98. The molecule has 1 saturated carbocycles. The van der Waals surface area contributed by atoms with E-state index in [0.717, 1.165) is 0 Å². The van der Waals surface area contributed by atoms with Gasteiger partial charge in [-0.1, -0.05) is 0 Å². The Bertz CT molecular complexity index is 479. The zero-order valence-electron chi connectivity index (χ0n) is 9.02. The van der Waals surface area contributed by atoms with E-state index < -0.39 is 41.7 Å². The number of rotatable bonds is 3. The van der Waals surface area contributed by atoms with E-state index in [2.05, 4.69) is 4.98 Å². The quantitative estimate of drug-likeness (QED) is 0.862. The van der Waals surface area contributed by atoms with E-state index in [4.69, 9.17) is 14.6 Å². The molecule has 1 aromatic heterocycles. The molecule has 6 nitrogen and oxygen atoms in total. The molecule has 0 amide bonds. The summed E-state index contributed by atoms with van der Waals surface area (Å²) in [6.07, 6.45) is -0.762. The van der Waals surface area contributed by atoms with Crippen molar-refractivity contribution in [3.8, 4) is 0 Å². The topological polar surface area (TPSA) is 101 Å². The lowest BCUT2D eigenvalue weighted by atomic mass is 10.1. The molecule has 1 atom stereocenters. The van der Waals surface area contributed by atoms with E-state index in [1.54, 1.807) is 0 Å². The third-order valence-electron chi connectivity index (χ3n) is 2.79. The minimum absolute atomic E-state index is 0.0889. The van der Waals surface area contributed by atoms with Gasteiger partial charge in [-0.15, -0.1) is 0 Å².